The average Bonchev–Trinajstić information content (AvgIpc) is 3.13. The minimum Gasteiger partial charge on any atom is -0.484 e. The molecule has 0 aliphatic rings. The summed E-state index contributed by atoms with van der Waals surface area (Å²) >= 11 is 0. The van der Waals surface area contributed by atoms with E-state index in [1.807, 2.05) is 5.32 Å². The van der Waals surface area contributed by atoms with E-state index in [1.54, 1.807) is 24.3 Å². The lowest BCUT2D eigenvalue weighted by Crippen LogP contribution is -2.43. The molecular weight excluding hydrogens is 372 g/mol. The van der Waals surface area contributed by atoms with E-state index in [0.717, 1.165) is 0 Å². The molecule has 2 rings (SSSR count). The Morgan fingerprint density at radius 1 is 1.23 bits per heavy atom. The number of carbonyl (C=O) groups is 2. The third kappa shape index (κ3) is 6.69. The van der Waals surface area contributed by atoms with Gasteiger partial charge in [0.2, 0.25) is 0 Å². The van der Waals surface area contributed by atoms with Crippen LogP contribution in [0.25, 0.3) is 0 Å². The fraction of sp³-hybridized carbons (Fsp3) is 0.250. The van der Waals surface area contributed by atoms with Crippen molar-refractivity contribution < 1.29 is 27.5 Å². The number of halogens is 3. The molecule has 0 saturated heterocycles. The molecule has 1 aromatic heterocycles. The number of hydrogen-bond donors (Lipinski definition) is 3. The normalized spacial score (nSPS) is 10.6. The maximum atomic E-state index is 12.9. The number of nitrogens with two attached hydrogens (primary N) is 1. The molecule has 142 valence electrons. The number of anilines is 1. The van der Waals surface area contributed by atoms with Crippen LogP contribution < -0.4 is 21.1 Å². The number of rotatable bonds is 8. The van der Waals surface area contributed by atoms with E-state index in [0.29, 0.717) is 5.69 Å². The highest BCUT2D eigenvalue weighted by molar-refractivity contribution is 6.02. The number of nitrogens with one attached hydrogen (secondary N) is 2. The molecule has 7 nitrogen and oxygen atoms in total. The zero-order chi connectivity index (χ0) is 18.3. The minimum atomic E-state index is -3.16. The van der Waals surface area contributed by atoms with Gasteiger partial charge in [-0.3, -0.25) is 9.59 Å². The monoisotopic (exact) mass is 389 g/mol. The summed E-state index contributed by atoms with van der Waals surface area (Å²) in [5, 5.41) is 4.63. The molecule has 1 aromatic carbocycles. The van der Waals surface area contributed by atoms with Crippen LogP contribution in [-0.4, -0.2) is 37.4 Å². The fourth-order valence-corrected chi connectivity index (χ4v) is 1.76. The summed E-state index contributed by atoms with van der Waals surface area (Å²) in [7, 11) is 0. The first kappa shape index (κ1) is 21.4. The van der Waals surface area contributed by atoms with E-state index in [-0.39, 0.29) is 23.9 Å². The summed E-state index contributed by atoms with van der Waals surface area (Å²) < 4.78 is 36.1. The molecule has 0 radical (unpaired) electrons. The highest BCUT2D eigenvalue weighted by atomic mass is 35.5. The first-order chi connectivity index (χ1) is 11.9. The average molecular weight is 390 g/mol. The molecule has 0 aliphatic heterocycles. The van der Waals surface area contributed by atoms with E-state index < -0.39 is 37.4 Å². The van der Waals surface area contributed by atoms with Gasteiger partial charge in [0, 0.05) is 11.8 Å². The highest BCUT2D eigenvalue weighted by Crippen LogP contribution is 2.18. The maximum Gasteiger partial charge on any atom is 0.291 e. The number of carbonyl (C=O) groups excluding carboxylic acids is 2. The van der Waals surface area contributed by atoms with Crippen molar-refractivity contribution in [3.8, 4) is 5.75 Å². The van der Waals surface area contributed by atoms with Crippen molar-refractivity contribution >= 4 is 29.9 Å². The van der Waals surface area contributed by atoms with Crippen LogP contribution in [0.4, 0.5) is 14.5 Å². The standard InChI is InChI=1S/C16H17F2N3O4.ClH/c17-16(18,9-19)10-20-14(22)8-25-12-4-1-3-11(7-12)21-15(23)13-5-2-6-24-13;/h1-7H,8-10,19H2,(H,20,22)(H,21,23);1H. The van der Waals surface area contributed by atoms with Gasteiger partial charge in [0.15, 0.2) is 12.4 Å². The molecule has 26 heavy (non-hydrogen) atoms. The Kier molecular flexibility index (Phi) is 8.01. The fourth-order valence-electron chi connectivity index (χ4n) is 1.76. The summed E-state index contributed by atoms with van der Waals surface area (Å²) in [5.74, 6) is -3.88. The van der Waals surface area contributed by atoms with Gasteiger partial charge in [0.25, 0.3) is 17.7 Å². The van der Waals surface area contributed by atoms with E-state index in [9.17, 15) is 18.4 Å². The molecule has 10 heteroatoms. The van der Waals surface area contributed by atoms with Crippen molar-refractivity contribution in [1.82, 2.24) is 5.32 Å². The number of ether oxygens (including phenoxy) is 1. The number of alkyl halides is 2. The molecule has 0 bridgehead atoms. The van der Waals surface area contributed by atoms with E-state index >= 15 is 0 Å². The van der Waals surface area contributed by atoms with Gasteiger partial charge in [-0.2, -0.15) is 0 Å². The van der Waals surface area contributed by atoms with Gasteiger partial charge >= 0.3 is 0 Å². The van der Waals surface area contributed by atoms with Crippen molar-refractivity contribution in [2.45, 2.75) is 5.92 Å². The zero-order valence-corrected chi connectivity index (χ0v) is 14.4. The third-order valence-electron chi connectivity index (χ3n) is 3.05. The summed E-state index contributed by atoms with van der Waals surface area (Å²) in [4.78, 5) is 23.4. The summed E-state index contributed by atoms with van der Waals surface area (Å²) in [6.07, 6.45) is 1.38. The van der Waals surface area contributed by atoms with Crippen LogP contribution in [0.1, 0.15) is 10.6 Å². The van der Waals surface area contributed by atoms with Gasteiger partial charge in [-0.25, -0.2) is 8.78 Å². The third-order valence-corrected chi connectivity index (χ3v) is 3.05. The van der Waals surface area contributed by atoms with Crippen LogP contribution in [0.15, 0.2) is 47.1 Å². The second kappa shape index (κ2) is 9.73. The van der Waals surface area contributed by atoms with Crippen LogP contribution in [0, 0.1) is 0 Å². The Morgan fingerprint density at radius 3 is 2.65 bits per heavy atom. The topological polar surface area (TPSA) is 107 Å². The van der Waals surface area contributed by atoms with Crippen molar-refractivity contribution in [3.63, 3.8) is 0 Å². The number of hydrogen-bond acceptors (Lipinski definition) is 5. The van der Waals surface area contributed by atoms with E-state index in [1.165, 1.54) is 18.4 Å². The molecule has 0 spiro atoms. The van der Waals surface area contributed by atoms with Crippen molar-refractivity contribution in [2.24, 2.45) is 5.73 Å². The lowest BCUT2D eigenvalue weighted by atomic mass is 10.3. The SMILES string of the molecule is Cl.NCC(F)(F)CNC(=O)COc1cccc(NC(=O)c2ccco2)c1. The van der Waals surface area contributed by atoms with Gasteiger partial charge in [0.1, 0.15) is 5.75 Å². The predicted molar refractivity (Wildman–Crippen MR) is 92.9 cm³/mol. The first-order valence-electron chi connectivity index (χ1n) is 7.32. The number of furan rings is 1. The zero-order valence-electron chi connectivity index (χ0n) is 13.5. The summed E-state index contributed by atoms with van der Waals surface area (Å²) in [6.45, 7) is -2.16. The van der Waals surface area contributed by atoms with Crippen molar-refractivity contribution in [2.75, 3.05) is 25.0 Å². The van der Waals surface area contributed by atoms with Crippen molar-refractivity contribution in [1.29, 1.82) is 0 Å². The second-order valence-electron chi connectivity index (χ2n) is 5.08. The molecule has 0 atom stereocenters. The van der Waals surface area contributed by atoms with Crippen molar-refractivity contribution in [3.05, 3.63) is 48.4 Å². The molecule has 0 aliphatic carbocycles. The smallest absolute Gasteiger partial charge is 0.291 e. The predicted octanol–water partition coefficient (Wildman–Crippen LogP) is 2.04. The molecule has 2 aromatic rings. The van der Waals surface area contributed by atoms with E-state index in [4.69, 9.17) is 14.9 Å². The quantitative estimate of drug-likeness (QED) is 0.640. The molecule has 0 saturated carbocycles. The van der Waals surface area contributed by atoms with Gasteiger partial charge in [-0.15, -0.1) is 12.4 Å². The summed E-state index contributed by atoms with van der Waals surface area (Å²) in [6, 6.07) is 9.37. The maximum absolute atomic E-state index is 12.9. The van der Waals surface area contributed by atoms with Gasteiger partial charge in [-0.05, 0) is 24.3 Å². The van der Waals surface area contributed by atoms with Gasteiger partial charge < -0.3 is 25.5 Å². The van der Waals surface area contributed by atoms with Crippen LogP contribution in [-0.2, 0) is 4.79 Å². The Morgan fingerprint density at radius 2 is 2.00 bits per heavy atom. The number of benzene rings is 1. The van der Waals surface area contributed by atoms with Gasteiger partial charge in [-0.1, -0.05) is 6.07 Å². The lowest BCUT2D eigenvalue weighted by Gasteiger charge is -2.14. The molecule has 0 unspecified atom stereocenters. The minimum absolute atomic E-state index is 0. The van der Waals surface area contributed by atoms with Crippen LogP contribution in [0.3, 0.4) is 0 Å². The molecule has 0 fully saturated rings. The Balaban J connectivity index is 0.00000338. The van der Waals surface area contributed by atoms with Gasteiger partial charge in [0.05, 0.1) is 19.4 Å². The Labute approximate surface area is 154 Å². The Hall–Kier alpha value is -2.65. The second-order valence-corrected chi connectivity index (χ2v) is 5.08. The van der Waals surface area contributed by atoms with Crippen LogP contribution in [0.5, 0.6) is 5.75 Å². The molecular formula is C16H18ClF2N3O4. The highest BCUT2D eigenvalue weighted by Gasteiger charge is 2.27. The molecule has 1 heterocycles. The number of amides is 2. The van der Waals surface area contributed by atoms with E-state index in [2.05, 4.69) is 5.32 Å². The Bertz CT molecular complexity index is 726. The lowest BCUT2D eigenvalue weighted by molar-refractivity contribution is -0.124. The largest absolute Gasteiger partial charge is 0.484 e. The molecule has 4 N–H and O–H groups in total. The van der Waals surface area contributed by atoms with Crippen LogP contribution >= 0.6 is 12.4 Å². The van der Waals surface area contributed by atoms with Crippen LogP contribution in [0.2, 0.25) is 0 Å². The summed E-state index contributed by atoms with van der Waals surface area (Å²) in [5.41, 5.74) is 5.30. The first-order valence-corrected chi connectivity index (χ1v) is 7.32. The molecule has 2 amide bonds.